The molecular weight excluding hydrogens is 288 g/mol. The highest BCUT2D eigenvalue weighted by atomic mass is 16.3. The molecule has 2 rings (SSSR count). The van der Waals surface area contributed by atoms with Crippen LogP contribution in [0.5, 0.6) is 0 Å². The number of hydrogen-bond acceptors (Lipinski definition) is 3. The van der Waals surface area contributed by atoms with Gasteiger partial charge in [-0.05, 0) is 0 Å². The third-order valence-corrected chi connectivity index (χ3v) is 3.49. The Labute approximate surface area is 136 Å². The molecule has 2 aromatic carbocycles. The number of ketones is 2. The molecule has 118 valence electrons. The average Bonchev–Trinajstić information content (AvgIpc) is 2.54. The smallest absolute Gasteiger partial charge is 0.193 e. The Morgan fingerprint density at radius 2 is 1.30 bits per heavy atom. The molecule has 0 aliphatic rings. The second kappa shape index (κ2) is 6.61. The SMILES string of the molecule is CC(C)(C)C(=O)/C=C(\O)c1ccc(C(=O)c2ccccc2)cc1. The number of hydrogen-bond donors (Lipinski definition) is 1. The Morgan fingerprint density at radius 3 is 1.83 bits per heavy atom. The van der Waals surface area contributed by atoms with E-state index in [9.17, 15) is 14.7 Å². The Hall–Kier alpha value is -2.68. The molecule has 0 aliphatic heterocycles. The zero-order chi connectivity index (χ0) is 17.0. The summed E-state index contributed by atoms with van der Waals surface area (Å²) >= 11 is 0. The van der Waals surface area contributed by atoms with Gasteiger partial charge in [-0.2, -0.15) is 0 Å². The molecule has 0 bridgehead atoms. The first-order chi connectivity index (χ1) is 10.8. The first-order valence-electron chi connectivity index (χ1n) is 7.44. The Morgan fingerprint density at radius 1 is 0.826 bits per heavy atom. The van der Waals surface area contributed by atoms with Crippen LogP contribution >= 0.6 is 0 Å². The highest BCUT2D eigenvalue weighted by molar-refractivity contribution is 6.09. The third-order valence-electron chi connectivity index (χ3n) is 3.49. The summed E-state index contributed by atoms with van der Waals surface area (Å²) in [4.78, 5) is 24.2. The molecule has 0 aromatic heterocycles. The van der Waals surface area contributed by atoms with E-state index in [2.05, 4.69) is 0 Å². The quantitative estimate of drug-likeness (QED) is 0.516. The van der Waals surface area contributed by atoms with Crippen molar-refractivity contribution in [2.24, 2.45) is 5.41 Å². The molecule has 0 spiro atoms. The van der Waals surface area contributed by atoms with Gasteiger partial charge in [-0.1, -0.05) is 75.4 Å². The number of carbonyl (C=O) groups excluding carboxylic acids is 2. The van der Waals surface area contributed by atoms with Gasteiger partial charge in [-0.3, -0.25) is 9.59 Å². The van der Waals surface area contributed by atoms with Crippen LogP contribution in [-0.2, 0) is 4.79 Å². The van der Waals surface area contributed by atoms with Gasteiger partial charge in [0.05, 0.1) is 0 Å². The van der Waals surface area contributed by atoms with Crippen LogP contribution in [0, 0.1) is 5.41 Å². The summed E-state index contributed by atoms with van der Waals surface area (Å²) < 4.78 is 0. The summed E-state index contributed by atoms with van der Waals surface area (Å²) in [5.74, 6) is -0.325. The summed E-state index contributed by atoms with van der Waals surface area (Å²) in [6, 6.07) is 15.6. The Kier molecular flexibility index (Phi) is 4.80. The van der Waals surface area contributed by atoms with Crippen molar-refractivity contribution in [1.82, 2.24) is 0 Å². The van der Waals surface area contributed by atoms with Crippen LogP contribution in [0.4, 0.5) is 0 Å². The molecule has 0 saturated carbocycles. The zero-order valence-corrected chi connectivity index (χ0v) is 13.5. The monoisotopic (exact) mass is 308 g/mol. The lowest BCUT2D eigenvalue weighted by Crippen LogP contribution is -2.17. The predicted molar refractivity (Wildman–Crippen MR) is 91.4 cm³/mol. The fourth-order valence-electron chi connectivity index (χ4n) is 1.97. The lowest BCUT2D eigenvalue weighted by Gasteiger charge is -2.13. The van der Waals surface area contributed by atoms with E-state index in [-0.39, 0.29) is 17.3 Å². The van der Waals surface area contributed by atoms with Gasteiger partial charge in [-0.25, -0.2) is 0 Å². The van der Waals surface area contributed by atoms with Gasteiger partial charge in [0, 0.05) is 28.2 Å². The standard InChI is InChI=1S/C20H20O3/c1-20(2,3)18(22)13-17(21)14-9-11-16(12-10-14)19(23)15-7-5-4-6-8-15/h4-13,21H,1-3H3/b17-13-. The maximum Gasteiger partial charge on any atom is 0.193 e. The highest BCUT2D eigenvalue weighted by Gasteiger charge is 2.20. The molecule has 1 N–H and O–H groups in total. The lowest BCUT2D eigenvalue weighted by atomic mass is 9.90. The fourth-order valence-corrected chi connectivity index (χ4v) is 1.97. The second-order valence-corrected chi connectivity index (χ2v) is 6.42. The van der Waals surface area contributed by atoms with Gasteiger partial charge in [0.1, 0.15) is 5.76 Å². The van der Waals surface area contributed by atoms with Gasteiger partial charge < -0.3 is 5.11 Å². The van der Waals surface area contributed by atoms with E-state index in [1.54, 1.807) is 57.2 Å². The normalized spacial score (nSPS) is 12.0. The molecule has 3 heteroatoms. The van der Waals surface area contributed by atoms with Crippen molar-refractivity contribution in [2.45, 2.75) is 20.8 Å². The van der Waals surface area contributed by atoms with Gasteiger partial charge in [-0.15, -0.1) is 0 Å². The molecule has 23 heavy (non-hydrogen) atoms. The largest absolute Gasteiger partial charge is 0.507 e. The molecule has 0 heterocycles. The molecule has 0 unspecified atom stereocenters. The van der Waals surface area contributed by atoms with E-state index >= 15 is 0 Å². The van der Waals surface area contributed by atoms with E-state index < -0.39 is 5.41 Å². The summed E-state index contributed by atoms with van der Waals surface area (Å²) in [7, 11) is 0. The van der Waals surface area contributed by atoms with Crippen LogP contribution in [0.15, 0.2) is 60.7 Å². The first-order valence-corrected chi connectivity index (χ1v) is 7.44. The number of rotatable bonds is 4. The number of aliphatic hydroxyl groups excluding tert-OH is 1. The molecule has 0 saturated heterocycles. The average molecular weight is 308 g/mol. The maximum absolute atomic E-state index is 12.3. The van der Waals surface area contributed by atoms with Gasteiger partial charge in [0.25, 0.3) is 0 Å². The first kappa shape index (κ1) is 16.7. The molecule has 2 aromatic rings. The van der Waals surface area contributed by atoms with E-state index in [0.29, 0.717) is 16.7 Å². The number of carbonyl (C=O) groups is 2. The minimum atomic E-state index is -0.544. The van der Waals surface area contributed by atoms with Gasteiger partial charge in [0.2, 0.25) is 0 Å². The molecular formula is C20H20O3. The number of allylic oxidation sites excluding steroid dienone is 1. The van der Waals surface area contributed by atoms with E-state index in [1.165, 1.54) is 6.08 Å². The molecule has 0 aliphatic carbocycles. The Bertz CT molecular complexity index is 733. The number of aliphatic hydroxyl groups is 1. The van der Waals surface area contributed by atoms with E-state index in [0.717, 1.165) is 0 Å². The van der Waals surface area contributed by atoms with E-state index in [4.69, 9.17) is 0 Å². The molecule has 0 fully saturated rings. The van der Waals surface area contributed by atoms with Crippen LogP contribution in [0.3, 0.4) is 0 Å². The van der Waals surface area contributed by atoms with E-state index in [1.807, 2.05) is 18.2 Å². The minimum Gasteiger partial charge on any atom is -0.507 e. The fraction of sp³-hybridized carbons (Fsp3) is 0.200. The van der Waals surface area contributed by atoms with Crippen LogP contribution in [0.2, 0.25) is 0 Å². The van der Waals surface area contributed by atoms with Crippen molar-refractivity contribution in [1.29, 1.82) is 0 Å². The maximum atomic E-state index is 12.3. The van der Waals surface area contributed by atoms with Crippen LogP contribution in [-0.4, -0.2) is 16.7 Å². The molecule has 0 radical (unpaired) electrons. The zero-order valence-electron chi connectivity index (χ0n) is 13.5. The summed E-state index contributed by atoms with van der Waals surface area (Å²) in [5, 5.41) is 10.1. The number of benzene rings is 2. The van der Waals surface area contributed by atoms with Crippen molar-refractivity contribution in [3.05, 3.63) is 77.4 Å². The second-order valence-electron chi connectivity index (χ2n) is 6.42. The molecule has 3 nitrogen and oxygen atoms in total. The van der Waals surface area contributed by atoms with Gasteiger partial charge in [0.15, 0.2) is 11.6 Å². The third kappa shape index (κ3) is 4.16. The topological polar surface area (TPSA) is 54.4 Å². The Balaban J connectivity index is 2.21. The van der Waals surface area contributed by atoms with Crippen molar-refractivity contribution >= 4 is 17.3 Å². The highest BCUT2D eigenvalue weighted by Crippen LogP contribution is 2.20. The predicted octanol–water partition coefficient (Wildman–Crippen LogP) is 4.43. The molecule has 0 amide bonds. The molecule has 0 atom stereocenters. The van der Waals surface area contributed by atoms with Gasteiger partial charge >= 0.3 is 0 Å². The van der Waals surface area contributed by atoms with Crippen LogP contribution in [0.25, 0.3) is 5.76 Å². The van der Waals surface area contributed by atoms with Crippen molar-refractivity contribution in [3.8, 4) is 0 Å². The van der Waals surface area contributed by atoms with Crippen molar-refractivity contribution in [3.63, 3.8) is 0 Å². The van der Waals surface area contributed by atoms with Crippen LogP contribution < -0.4 is 0 Å². The van der Waals surface area contributed by atoms with Crippen molar-refractivity contribution in [2.75, 3.05) is 0 Å². The minimum absolute atomic E-state index is 0.0774. The van der Waals surface area contributed by atoms with Crippen molar-refractivity contribution < 1.29 is 14.7 Å². The summed E-state index contributed by atoms with van der Waals surface area (Å²) in [6.07, 6.45) is 1.23. The summed E-state index contributed by atoms with van der Waals surface area (Å²) in [6.45, 7) is 5.38. The van der Waals surface area contributed by atoms with Crippen LogP contribution in [0.1, 0.15) is 42.3 Å². The summed E-state index contributed by atoms with van der Waals surface area (Å²) in [5.41, 5.74) is 1.11. The lowest BCUT2D eigenvalue weighted by molar-refractivity contribution is -0.121.